The van der Waals surface area contributed by atoms with Gasteiger partial charge in [-0.1, -0.05) is 24.3 Å². The molecule has 0 saturated carbocycles. The van der Waals surface area contributed by atoms with E-state index in [-0.39, 0.29) is 24.7 Å². The van der Waals surface area contributed by atoms with Crippen molar-refractivity contribution in [3.8, 4) is 11.5 Å². The van der Waals surface area contributed by atoms with Gasteiger partial charge in [0.05, 0.1) is 32.0 Å². The summed E-state index contributed by atoms with van der Waals surface area (Å²) in [6, 6.07) is 13.3. The number of thiophene rings is 1. The van der Waals surface area contributed by atoms with Crippen LogP contribution in [0.4, 0.5) is 23.7 Å². The van der Waals surface area contributed by atoms with Crippen LogP contribution in [0, 0.1) is 0 Å². The molecule has 41 heavy (non-hydrogen) atoms. The predicted molar refractivity (Wildman–Crippen MR) is 152 cm³/mol. The van der Waals surface area contributed by atoms with Crippen molar-refractivity contribution >= 4 is 29.0 Å². The first kappa shape index (κ1) is 31.8. The van der Waals surface area contributed by atoms with Crippen LogP contribution in [0.3, 0.4) is 0 Å². The average Bonchev–Trinajstić information content (AvgIpc) is 3.47. The van der Waals surface area contributed by atoms with E-state index < -0.39 is 17.8 Å². The van der Waals surface area contributed by atoms with Crippen LogP contribution in [0.25, 0.3) is 0 Å². The molecule has 3 rings (SSSR count). The number of urea groups is 1. The maximum absolute atomic E-state index is 13.6. The molecule has 3 aromatic rings. The van der Waals surface area contributed by atoms with Gasteiger partial charge >= 0.3 is 12.2 Å². The highest BCUT2D eigenvalue weighted by molar-refractivity contribution is 7.09. The number of ether oxygens (including phenoxy) is 3. The summed E-state index contributed by atoms with van der Waals surface area (Å²) in [6.45, 7) is 0.781. The largest absolute Gasteiger partial charge is 0.493 e. The lowest BCUT2D eigenvalue weighted by molar-refractivity contribution is -0.137. The van der Waals surface area contributed by atoms with Gasteiger partial charge in [-0.05, 0) is 54.1 Å². The topological polar surface area (TPSA) is 80.3 Å². The van der Waals surface area contributed by atoms with Gasteiger partial charge in [0, 0.05) is 31.7 Å². The molecule has 0 aliphatic heterocycles. The Morgan fingerprint density at radius 1 is 0.927 bits per heavy atom. The highest BCUT2D eigenvalue weighted by Crippen LogP contribution is 2.34. The van der Waals surface area contributed by atoms with E-state index in [4.69, 9.17) is 14.2 Å². The number of halogens is 3. The molecule has 1 aromatic heterocycles. The van der Waals surface area contributed by atoms with Crippen LogP contribution < -0.4 is 14.8 Å². The number of benzene rings is 2. The Morgan fingerprint density at radius 3 is 2.34 bits per heavy atom. The van der Waals surface area contributed by atoms with Crippen molar-refractivity contribution in [2.24, 2.45) is 0 Å². The summed E-state index contributed by atoms with van der Waals surface area (Å²) in [5, 5.41) is 4.26. The van der Waals surface area contributed by atoms with Crippen molar-refractivity contribution in [1.82, 2.24) is 9.80 Å². The quantitative estimate of drug-likeness (QED) is 0.235. The van der Waals surface area contributed by atoms with Crippen LogP contribution in [0.15, 0.2) is 60.0 Å². The van der Waals surface area contributed by atoms with E-state index in [1.165, 1.54) is 41.5 Å². The summed E-state index contributed by atoms with van der Waals surface area (Å²) < 4.78 is 56.3. The molecular formula is C29H34F3N3O5S. The molecule has 0 fully saturated rings. The second kappa shape index (κ2) is 15.3. The number of nitrogens with one attached hydrogen (secondary N) is 1. The van der Waals surface area contributed by atoms with Crippen molar-refractivity contribution in [3.05, 3.63) is 76.0 Å². The molecule has 0 atom stereocenters. The average molecular weight is 594 g/mol. The molecule has 0 aliphatic carbocycles. The van der Waals surface area contributed by atoms with Crippen LogP contribution in [-0.2, 0) is 28.7 Å². The molecule has 222 valence electrons. The van der Waals surface area contributed by atoms with Gasteiger partial charge in [0.2, 0.25) is 5.91 Å². The lowest BCUT2D eigenvalue weighted by Crippen LogP contribution is -2.45. The summed E-state index contributed by atoms with van der Waals surface area (Å²) in [7, 11) is 4.60. The van der Waals surface area contributed by atoms with Gasteiger partial charge in [0.15, 0.2) is 11.5 Å². The molecule has 1 N–H and O–H groups in total. The van der Waals surface area contributed by atoms with E-state index in [9.17, 15) is 22.8 Å². The van der Waals surface area contributed by atoms with Crippen LogP contribution in [-0.4, -0.2) is 69.3 Å². The number of para-hydroxylation sites is 1. The number of carbonyl (C=O) groups excluding carboxylic acids is 2. The van der Waals surface area contributed by atoms with Crippen LogP contribution >= 0.6 is 11.3 Å². The molecule has 0 radical (unpaired) electrons. The summed E-state index contributed by atoms with van der Waals surface area (Å²) in [4.78, 5) is 30.6. The van der Waals surface area contributed by atoms with E-state index in [1.807, 2.05) is 29.6 Å². The van der Waals surface area contributed by atoms with Gasteiger partial charge in [0.1, 0.15) is 6.54 Å². The summed E-state index contributed by atoms with van der Waals surface area (Å²) >= 11 is 1.50. The fourth-order valence-corrected chi connectivity index (χ4v) is 4.85. The highest BCUT2D eigenvalue weighted by atomic mass is 32.1. The zero-order valence-electron chi connectivity index (χ0n) is 23.2. The Morgan fingerprint density at radius 2 is 1.68 bits per heavy atom. The predicted octanol–water partition coefficient (Wildman–Crippen LogP) is 5.93. The zero-order valence-corrected chi connectivity index (χ0v) is 24.0. The molecule has 8 nitrogen and oxygen atoms in total. The zero-order chi connectivity index (χ0) is 29.8. The Hall–Kier alpha value is -3.77. The molecule has 3 amide bonds. The van der Waals surface area contributed by atoms with Gasteiger partial charge in [-0.25, -0.2) is 4.79 Å². The smallest absolute Gasteiger partial charge is 0.418 e. The van der Waals surface area contributed by atoms with Gasteiger partial charge in [-0.15, -0.1) is 11.3 Å². The van der Waals surface area contributed by atoms with Gasteiger partial charge in [-0.3, -0.25) is 4.79 Å². The summed E-state index contributed by atoms with van der Waals surface area (Å²) in [6.07, 6.45) is -3.75. The third-order valence-electron chi connectivity index (χ3n) is 6.26. The van der Waals surface area contributed by atoms with E-state index in [0.717, 1.165) is 16.5 Å². The second-order valence-electron chi connectivity index (χ2n) is 9.08. The third kappa shape index (κ3) is 9.39. The first-order valence-electron chi connectivity index (χ1n) is 12.9. The van der Waals surface area contributed by atoms with Crippen molar-refractivity contribution in [3.63, 3.8) is 0 Å². The lowest BCUT2D eigenvalue weighted by Gasteiger charge is -2.28. The number of alkyl halides is 3. The van der Waals surface area contributed by atoms with Crippen LogP contribution in [0.5, 0.6) is 11.5 Å². The normalized spacial score (nSPS) is 11.2. The molecule has 0 aliphatic rings. The molecule has 0 saturated heterocycles. The second-order valence-corrected chi connectivity index (χ2v) is 10.1. The minimum atomic E-state index is -4.65. The van der Waals surface area contributed by atoms with Crippen LogP contribution in [0.1, 0.15) is 22.4 Å². The molecule has 0 unspecified atom stereocenters. The number of anilines is 1. The monoisotopic (exact) mass is 593 g/mol. The van der Waals surface area contributed by atoms with E-state index in [0.29, 0.717) is 44.0 Å². The Kier molecular flexibility index (Phi) is 11.8. The van der Waals surface area contributed by atoms with Gasteiger partial charge in [0.25, 0.3) is 0 Å². The first-order valence-corrected chi connectivity index (χ1v) is 13.8. The van der Waals surface area contributed by atoms with Gasteiger partial charge in [-0.2, -0.15) is 13.2 Å². The number of rotatable bonds is 14. The molecular weight excluding hydrogens is 559 g/mol. The summed E-state index contributed by atoms with van der Waals surface area (Å²) in [5.74, 6) is 0.824. The molecule has 12 heteroatoms. The van der Waals surface area contributed by atoms with Crippen molar-refractivity contribution in [1.29, 1.82) is 0 Å². The fourth-order valence-electron chi connectivity index (χ4n) is 4.13. The first-order chi connectivity index (χ1) is 19.7. The number of hydrogen-bond donors (Lipinski definition) is 1. The lowest BCUT2D eigenvalue weighted by atomic mass is 10.1. The fraction of sp³-hybridized carbons (Fsp3) is 0.379. The Labute approximate surface area is 241 Å². The maximum atomic E-state index is 13.6. The van der Waals surface area contributed by atoms with E-state index >= 15 is 0 Å². The Bertz CT molecular complexity index is 1270. The van der Waals surface area contributed by atoms with E-state index in [2.05, 4.69) is 5.32 Å². The highest BCUT2D eigenvalue weighted by Gasteiger charge is 2.34. The SMILES string of the molecule is COCCCN(CC(=O)N(CCc1ccc(OC)c(OC)c1)Cc1cccs1)C(=O)Nc1ccccc1C(F)(F)F. The number of hydrogen-bond acceptors (Lipinski definition) is 6. The van der Waals surface area contributed by atoms with Crippen LogP contribution in [0.2, 0.25) is 0 Å². The third-order valence-corrected chi connectivity index (χ3v) is 7.12. The molecule has 0 bridgehead atoms. The van der Waals surface area contributed by atoms with Gasteiger partial charge < -0.3 is 29.3 Å². The minimum absolute atomic E-state index is 0.113. The van der Waals surface area contributed by atoms with E-state index in [1.54, 1.807) is 25.2 Å². The standard InChI is InChI=1S/C29H34F3N3O5S/c1-38-16-7-14-35(28(37)33-24-10-5-4-9-23(24)29(30,31)32)20-27(36)34(19-22-8-6-17-41-22)15-13-21-11-12-25(39-2)26(18-21)40-3/h4-6,8-12,17-18H,7,13-16,19-20H2,1-3H3,(H,33,37). The number of amides is 3. The number of carbonyl (C=O) groups is 2. The van der Waals surface area contributed by atoms with Crippen molar-refractivity contribution < 1.29 is 37.0 Å². The summed E-state index contributed by atoms with van der Waals surface area (Å²) in [5.41, 5.74) is -0.422. The minimum Gasteiger partial charge on any atom is -0.493 e. The number of methoxy groups -OCH3 is 3. The molecule has 1 heterocycles. The molecule has 2 aromatic carbocycles. The van der Waals surface area contributed by atoms with Crippen molar-refractivity contribution in [2.45, 2.75) is 25.6 Å². The Balaban J connectivity index is 1.79. The maximum Gasteiger partial charge on any atom is 0.418 e. The van der Waals surface area contributed by atoms with Crippen molar-refractivity contribution in [2.75, 3.05) is 52.9 Å². The molecule has 0 spiro atoms. The number of nitrogens with zero attached hydrogens (tertiary/aromatic N) is 2.